The molecule has 0 bridgehead atoms. The van der Waals surface area contributed by atoms with E-state index in [0.29, 0.717) is 49.4 Å². The van der Waals surface area contributed by atoms with Gasteiger partial charge in [-0.05, 0) is 122 Å². The van der Waals surface area contributed by atoms with Crippen LogP contribution in [-0.2, 0) is 54.3 Å². The normalized spacial score (nSPS) is 11.4. The maximum atomic E-state index is 12.4. The monoisotopic (exact) mass is 1310 g/mol. The largest absolute Gasteiger partial charge is 2.00 e. The van der Waals surface area contributed by atoms with E-state index in [9.17, 15) is 18.9 Å². The first-order valence-corrected chi connectivity index (χ1v) is 41.7. The third-order valence-corrected chi connectivity index (χ3v) is 26.8. The van der Waals surface area contributed by atoms with Crippen LogP contribution in [0.5, 0.6) is 23.0 Å². The van der Waals surface area contributed by atoms with Crippen LogP contribution >= 0.6 is 57.1 Å². The fourth-order valence-electron chi connectivity index (χ4n) is 9.46. The molecule has 0 spiro atoms. The maximum absolute atomic E-state index is 12.4. The summed E-state index contributed by atoms with van der Waals surface area (Å²) >= 11 is 3.87. The minimum absolute atomic E-state index is 0. The first-order chi connectivity index (χ1) is 40.0. The van der Waals surface area contributed by atoms with Crippen LogP contribution < -0.4 is 28.7 Å². The molecule has 464 valence electrons. The van der Waals surface area contributed by atoms with Crippen molar-refractivity contribution in [1.29, 1.82) is 0 Å². The molecule has 4 aromatic rings. The molecule has 0 unspecified atom stereocenters. The summed E-state index contributed by atoms with van der Waals surface area (Å²) in [5, 5.41) is 0. The molecule has 4 aromatic carbocycles. The van der Waals surface area contributed by atoms with Crippen LogP contribution in [0.25, 0.3) is 0 Å². The van der Waals surface area contributed by atoms with Crippen molar-refractivity contribution in [3.63, 3.8) is 0 Å². The molecule has 8 nitrogen and oxygen atoms in total. The van der Waals surface area contributed by atoms with Gasteiger partial charge in [0.15, 0.2) is 0 Å². The topological polar surface area (TPSA) is 117 Å². The first-order valence-electron chi connectivity index (χ1n) is 32.1. The molecule has 15 heteroatoms. The molecule has 0 atom stereocenters. The van der Waals surface area contributed by atoms with Gasteiger partial charge in [-0.15, -0.1) is 0 Å². The van der Waals surface area contributed by atoms with Gasteiger partial charge in [0.25, 0.3) is 0 Å². The Hall–Kier alpha value is -1.52. The Balaban J connectivity index is 0.000000560. The summed E-state index contributed by atoms with van der Waals surface area (Å²) in [6, 6.07) is 32.9. The number of benzene rings is 4. The van der Waals surface area contributed by atoms with E-state index in [4.69, 9.17) is 18.9 Å². The predicted molar refractivity (Wildman–Crippen MR) is 360 cm³/mol. The van der Waals surface area contributed by atoms with E-state index < -0.39 is 11.5 Å². The van der Waals surface area contributed by atoms with Gasteiger partial charge >= 0.3 is 19.5 Å². The Morgan fingerprint density at radius 3 is 0.639 bits per heavy atom. The third-order valence-electron chi connectivity index (χ3n) is 14.4. The molecule has 0 saturated carbocycles. The van der Waals surface area contributed by atoms with Gasteiger partial charge in [-0.1, -0.05) is 276 Å². The molecule has 0 aromatic heterocycles. The molecule has 4 rings (SSSR count). The number of ether oxygens (including phenoxy) is 4. The van der Waals surface area contributed by atoms with E-state index >= 15 is 0 Å². The van der Waals surface area contributed by atoms with E-state index in [2.05, 4.69) is 76.2 Å². The van der Waals surface area contributed by atoms with Crippen molar-refractivity contribution < 1.29 is 57.3 Å². The number of aryl methyl sites for hydroxylation is 4. The van der Waals surface area contributed by atoms with Gasteiger partial charge in [0.05, 0.1) is 26.4 Å². The molecular weight excluding hydrogens is 1200 g/mol. The molecule has 83 heavy (non-hydrogen) atoms. The van der Waals surface area contributed by atoms with Gasteiger partial charge in [0, 0.05) is 23.0 Å². The SMILES string of the molecule is CCCCCCCCCc1ccc(OCCSP(=O)([O-])SCCOc2ccc(CCCCCCCCC)cc2)cc1.CCCCCCCCCc1ccc(OCCSP(=O)([O-])SCCOc2ccc(CCCCCCCCC)cc2)cc1.[Zn+2]. The van der Waals surface area contributed by atoms with Crippen molar-refractivity contribution in [3.8, 4) is 23.0 Å². The van der Waals surface area contributed by atoms with E-state index in [1.807, 2.05) is 48.5 Å². The maximum Gasteiger partial charge on any atom is 2.00 e. The average molecular weight is 1310 g/mol. The van der Waals surface area contributed by atoms with Crippen molar-refractivity contribution in [1.82, 2.24) is 0 Å². The molecule has 0 radical (unpaired) electrons. The van der Waals surface area contributed by atoms with E-state index in [1.165, 1.54) is 202 Å². The quantitative estimate of drug-likeness (QED) is 0.0238. The van der Waals surface area contributed by atoms with Crippen LogP contribution in [0.2, 0.25) is 0 Å². The van der Waals surface area contributed by atoms with E-state index in [1.54, 1.807) is 0 Å². The van der Waals surface area contributed by atoms with Crippen molar-refractivity contribution in [3.05, 3.63) is 119 Å². The summed E-state index contributed by atoms with van der Waals surface area (Å²) in [6.07, 6.45) is 41.4. The molecular formula is C68H108O8P2S4Zn. The number of hydrogen-bond donors (Lipinski definition) is 0. The van der Waals surface area contributed by atoms with Gasteiger partial charge in [0.2, 0.25) is 0 Å². The van der Waals surface area contributed by atoms with Crippen molar-refractivity contribution in [2.75, 3.05) is 49.4 Å². The van der Waals surface area contributed by atoms with Crippen LogP contribution in [0.3, 0.4) is 0 Å². The van der Waals surface area contributed by atoms with Gasteiger partial charge < -0.3 is 37.9 Å². The summed E-state index contributed by atoms with van der Waals surface area (Å²) in [5.41, 5.74) is 5.34. The Bertz CT molecular complexity index is 1890. The fraction of sp³-hybridized carbons (Fsp3) is 0.647. The molecule has 0 fully saturated rings. The summed E-state index contributed by atoms with van der Waals surface area (Å²) in [5.74, 6) is -2.33. The first kappa shape index (κ1) is 77.6. The zero-order chi connectivity index (χ0) is 58.9. The minimum Gasteiger partial charge on any atom is -0.784 e. The van der Waals surface area contributed by atoms with Gasteiger partial charge in [-0.2, -0.15) is 0 Å². The van der Waals surface area contributed by atoms with Crippen molar-refractivity contribution in [2.45, 2.75) is 233 Å². The fourth-order valence-corrected chi connectivity index (χ4v) is 19.2. The molecule has 0 amide bonds. The summed E-state index contributed by atoms with van der Waals surface area (Å²) < 4.78 is 47.8. The summed E-state index contributed by atoms with van der Waals surface area (Å²) in [6.45, 7) is 10.5. The van der Waals surface area contributed by atoms with E-state index in [0.717, 1.165) is 94.2 Å². The third kappa shape index (κ3) is 43.7. The standard InChI is InChI=1S/2C34H55O4PS2.Zn/c2*1-3-5-7-9-11-13-15-17-31-19-23-33(24-20-31)37-27-29-40-39(35,36)41-30-28-38-34-25-21-32(22-26-34)18-16-14-12-10-8-6-4-2;/h2*19-26H,3-18,27-30H2,1-2H3,(H,35,36);/q;;+2/p-2. The Kier molecular flexibility index (Phi) is 49.0. The van der Waals surface area contributed by atoms with Crippen LogP contribution in [0.4, 0.5) is 0 Å². The van der Waals surface area contributed by atoms with E-state index in [-0.39, 0.29) is 19.5 Å². The zero-order valence-corrected chi connectivity index (χ0v) is 60.0. The Morgan fingerprint density at radius 2 is 0.458 bits per heavy atom. The Labute approximate surface area is 535 Å². The summed E-state index contributed by atoms with van der Waals surface area (Å²) in [7, 11) is 0. The minimum atomic E-state index is -3.58. The van der Waals surface area contributed by atoms with Gasteiger partial charge in [-0.3, -0.25) is 0 Å². The number of hydrogen-bond acceptors (Lipinski definition) is 12. The van der Waals surface area contributed by atoms with Crippen LogP contribution in [0.15, 0.2) is 97.1 Å². The smallest absolute Gasteiger partial charge is 0.784 e. The Morgan fingerprint density at radius 1 is 0.289 bits per heavy atom. The second-order valence-corrected chi connectivity index (χ2v) is 36.4. The second kappa shape index (κ2) is 52.4. The number of unbranched alkanes of at least 4 members (excludes halogenated alkanes) is 24. The molecule has 0 aliphatic carbocycles. The van der Waals surface area contributed by atoms with Crippen molar-refractivity contribution >= 4 is 57.1 Å². The van der Waals surface area contributed by atoms with Gasteiger partial charge in [0.1, 0.15) is 34.5 Å². The number of rotatable bonds is 52. The average Bonchev–Trinajstić information content (AvgIpc) is 3.51. The van der Waals surface area contributed by atoms with Crippen molar-refractivity contribution in [2.24, 2.45) is 0 Å². The molecule has 0 saturated heterocycles. The molecule has 0 heterocycles. The van der Waals surface area contributed by atoms with Crippen LogP contribution in [-0.4, -0.2) is 49.4 Å². The van der Waals surface area contributed by atoms with Crippen LogP contribution in [0, 0.1) is 0 Å². The molecule has 0 N–H and O–H groups in total. The summed E-state index contributed by atoms with van der Waals surface area (Å²) in [4.78, 5) is 24.8. The van der Waals surface area contributed by atoms with Gasteiger partial charge in [-0.25, -0.2) is 0 Å². The predicted octanol–water partition coefficient (Wildman–Crippen LogP) is 21.3. The molecule has 0 aliphatic rings. The molecule has 0 aliphatic heterocycles. The second-order valence-electron chi connectivity index (χ2n) is 21.7. The van der Waals surface area contributed by atoms with Crippen LogP contribution in [0.1, 0.15) is 230 Å². The zero-order valence-electron chi connectivity index (χ0n) is 52.0.